The lowest BCUT2D eigenvalue weighted by molar-refractivity contribution is -0.128. The van der Waals surface area contributed by atoms with Gasteiger partial charge in [-0.1, -0.05) is 13.0 Å². The number of hydrazine groups is 1. The van der Waals surface area contributed by atoms with Crippen molar-refractivity contribution < 1.29 is 14.3 Å². The van der Waals surface area contributed by atoms with Gasteiger partial charge in [0.2, 0.25) is 0 Å². The molecule has 1 atom stereocenters. The maximum Gasteiger partial charge on any atom is 0.274 e. The first kappa shape index (κ1) is 13.3. The van der Waals surface area contributed by atoms with Gasteiger partial charge in [-0.3, -0.25) is 10.2 Å². The quantitative estimate of drug-likeness (QED) is 0.458. The average Bonchev–Trinajstić information content (AvgIpc) is 2.36. The van der Waals surface area contributed by atoms with Crippen molar-refractivity contribution in [1.82, 2.24) is 5.43 Å². The molecule has 0 radical (unpaired) electrons. The highest BCUT2D eigenvalue weighted by atomic mass is 16.5. The standard InChI is InChI=1S/C12H18N2O3/c1-4-9(12(15)14-13)17-10-6-5-8(2)7-11(10)16-3/h5-7,9H,4,13H2,1-3H3,(H,14,15). The number of carbonyl (C=O) groups excluding carboxylic acids is 1. The Morgan fingerprint density at radius 1 is 1.47 bits per heavy atom. The largest absolute Gasteiger partial charge is 0.493 e. The molecule has 5 nitrogen and oxygen atoms in total. The van der Waals surface area contributed by atoms with Gasteiger partial charge < -0.3 is 9.47 Å². The molecule has 0 bridgehead atoms. The van der Waals surface area contributed by atoms with E-state index in [1.807, 2.05) is 26.0 Å². The molecule has 0 aromatic heterocycles. The number of amides is 1. The monoisotopic (exact) mass is 238 g/mol. The van der Waals surface area contributed by atoms with E-state index >= 15 is 0 Å². The first-order chi connectivity index (χ1) is 8.12. The Bertz CT molecular complexity index is 393. The zero-order valence-electron chi connectivity index (χ0n) is 10.3. The van der Waals surface area contributed by atoms with Crippen molar-refractivity contribution in [2.75, 3.05) is 7.11 Å². The van der Waals surface area contributed by atoms with Crippen molar-refractivity contribution in [1.29, 1.82) is 0 Å². The molecule has 94 valence electrons. The zero-order chi connectivity index (χ0) is 12.8. The zero-order valence-corrected chi connectivity index (χ0v) is 10.3. The Morgan fingerprint density at radius 3 is 2.71 bits per heavy atom. The van der Waals surface area contributed by atoms with Crippen LogP contribution in [0.2, 0.25) is 0 Å². The maximum atomic E-state index is 11.4. The summed E-state index contributed by atoms with van der Waals surface area (Å²) in [6.07, 6.45) is -0.0864. The van der Waals surface area contributed by atoms with Gasteiger partial charge in [-0.15, -0.1) is 0 Å². The van der Waals surface area contributed by atoms with E-state index in [0.29, 0.717) is 17.9 Å². The van der Waals surface area contributed by atoms with E-state index in [1.165, 1.54) is 0 Å². The summed E-state index contributed by atoms with van der Waals surface area (Å²) in [4.78, 5) is 11.4. The van der Waals surface area contributed by atoms with E-state index in [4.69, 9.17) is 15.3 Å². The number of hydrogen-bond donors (Lipinski definition) is 2. The summed E-state index contributed by atoms with van der Waals surface area (Å²) >= 11 is 0. The minimum absolute atomic E-state index is 0.352. The van der Waals surface area contributed by atoms with Gasteiger partial charge >= 0.3 is 0 Å². The van der Waals surface area contributed by atoms with Crippen LogP contribution in [0.5, 0.6) is 11.5 Å². The predicted molar refractivity (Wildman–Crippen MR) is 64.8 cm³/mol. The highest BCUT2D eigenvalue weighted by Crippen LogP contribution is 2.29. The Labute approximate surface area is 101 Å². The van der Waals surface area contributed by atoms with Gasteiger partial charge in [-0.2, -0.15) is 0 Å². The van der Waals surface area contributed by atoms with Crippen LogP contribution in [0.15, 0.2) is 18.2 Å². The molecule has 17 heavy (non-hydrogen) atoms. The molecule has 0 saturated heterocycles. The first-order valence-electron chi connectivity index (χ1n) is 5.44. The summed E-state index contributed by atoms with van der Waals surface area (Å²) in [7, 11) is 1.56. The molecule has 1 amide bonds. The Kier molecular flexibility index (Phi) is 4.78. The molecule has 0 aliphatic rings. The van der Waals surface area contributed by atoms with Crippen LogP contribution in [0.1, 0.15) is 18.9 Å². The number of aryl methyl sites for hydroxylation is 1. The number of benzene rings is 1. The highest BCUT2D eigenvalue weighted by molar-refractivity contribution is 5.80. The normalized spacial score (nSPS) is 11.8. The van der Waals surface area contributed by atoms with Crippen molar-refractivity contribution in [2.45, 2.75) is 26.4 Å². The first-order valence-corrected chi connectivity index (χ1v) is 5.44. The van der Waals surface area contributed by atoms with E-state index in [0.717, 1.165) is 5.56 Å². The summed E-state index contributed by atoms with van der Waals surface area (Å²) < 4.78 is 10.8. The van der Waals surface area contributed by atoms with Gasteiger partial charge in [-0.25, -0.2) is 5.84 Å². The summed E-state index contributed by atoms with van der Waals surface area (Å²) in [5, 5.41) is 0. The van der Waals surface area contributed by atoms with Gasteiger partial charge in [0.1, 0.15) is 0 Å². The van der Waals surface area contributed by atoms with E-state index in [9.17, 15) is 4.79 Å². The topological polar surface area (TPSA) is 73.6 Å². The molecule has 1 aromatic rings. The molecular weight excluding hydrogens is 220 g/mol. The van der Waals surface area contributed by atoms with E-state index in [2.05, 4.69) is 5.43 Å². The van der Waals surface area contributed by atoms with E-state index in [-0.39, 0.29) is 5.91 Å². The summed E-state index contributed by atoms with van der Waals surface area (Å²) in [5.74, 6) is 5.87. The molecule has 0 saturated carbocycles. The maximum absolute atomic E-state index is 11.4. The SMILES string of the molecule is CCC(Oc1ccc(C)cc1OC)C(=O)NN. The second-order valence-electron chi connectivity index (χ2n) is 3.68. The van der Waals surface area contributed by atoms with Crippen molar-refractivity contribution in [2.24, 2.45) is 5.84 Å². The fourth-order valence-electron chi connectivity index (χ4n) is 1.44. The third-order valence-electron chi connectivity index (χ3n) is 2.39. The Morgan fingerprint density at radius 2 is 2.18 bits per heavy atom. The molecule has 0 fully saturated rings. The van der Waals surface area contributed by atoms with Crippen LogP contribution in [-0.2, 0) is 4.79 Å². The van der Waals surface area contributed by atoms with Gasteiger partial charge in [-0.05, 0) is 31.0 Å². The minimum Gasteiger partial charge on any atom is -0.493 e. The van der Waals surface area contributed by atoms with Crippen LogP contribution in [0.3, 0.4) is 0 Å². The molecule has 0 aliphatic heterocycles. The molecule has 0 aliphatic carbocycles. The fraction of sp³-hybridized carbons (Fsp3) is 0.417. The van der Waals surface area contributed by atoms with Crippen LogP contribution >= 0.6 is 0 Å². The lowest BCUT2D eigenvalue weighted by Crippen LogP contribution is -2.41. The van der Waals surface area contributed by atoms with Crippen molar-refractivity contribution in [3.05, 3.63) is 23.8 Å². The molecule has 1 rings (SSSR count). The highest BCUT2D eigenvalue weighted by Gasteiger charge is 2.18. The molecule has 1 aromatic carbocycles. The van der Waals surface area contributed by atoms with Crippen LogP contribution in [-0.4, -0.2) is 19.1 Å². The van der Waals surface area contributed by atoms with Crippen molar-refractivity contribution in [3.63, 3.8) is 0 Å². The van der Waals surface area contributed by atoms with Gasteiger partial charge in [0.25, 0.3) is 5.91 Å². The second kappa shape index (κ2) is 6.10. The molecular formula is C12H18N2O3. The minimum atomic E-state index is -0.614. The summed E-state index contributed by atoms with van der Waals surface area (Å²) in [5.41, 5.74) is 3.14. The van der Waals surface area contributed by atoms with Crippen molar-refractivity contribution in [3.8, 4) is 11.5 Å². The van der Waals surface area contributed by atoms with Crippen LogP contribution in [0.25, 0.3) is 0 Å². The number of hydrogen-bond acceptors (Lipinski definition) is 4. The van der Waals surface area contributed by atoms with E-state index < -0.39 is 6.10 Å². The van der Waals surface area contributed by atoms with Crippen LogP contribution in [0, 0.1) is 6.92 Å². The van der Waals surface area contributed by atoms with Crippen LogP contribution < -0.4 is 20.7 Å². The Balaban J connectivity index is 2.89. The van der Waals surface area contributed by atoms with Gasteiger partial charge in [0, 0.05) is 0 Å². The molecule has 5 heteroatoms. The van der Waals surface area contributed by atoms with Crippen molar-refractivity contribution >= 4 is 5.91 Å². The summed E-state index contributed by atoms with van der Waals surface area (Å²) in [6.45, 7) is 3.80. The number of nitrogens with two attached hydrogens (primary N) is 1. The van der Waals surface area contributed by atoms with Gasteiger partial charge in [0.05, 0.1) is 7.11 Å². The smallest absolute Gasteiger partial charge is 0.274 e. The Hall–Kier alpha value is -1.75. The lowest BCUT2D eigenvalue weighted by Gasteiger charge is -2.17. The number of carbonyl (C=O) groups is 1. The number of rotatable bonds is 5. The third-order valence-corrected chi connectivity index (χ3v) is 2.39. The number of methoxy groups -OCH3 is 1. The third kappa shape index (κ3) is 3.35. The average molecular weight is 238 g/mol. The fourth-order valence-corrected chi connectivity index (χ4v) is 1.44. The number of nitrogens with one attached hydrogen (secondary N) is 1. The summed E-state index contributed by atoms with van der Waals surface area (Å²) in [6, 6.07) is 5.52. The molecule has 3 N–H and O–H groups in total. The van der Waals surface area contributed by atoms with Crippen LogP contribution in [0.4, 0.5) is 0 Å². The lowest BCUT2D eigenvalue weighted by atomic mass is 10.2. The second-order valence-corrected chi connectivity index (χ2v) is 3.68. The number of ether oxygens (including phenoxy) is 2. The molecule has 1 unspecified atom stereocenters. The molecule has 0 spiro atoms. The predicted octanol–water partition coefficient (Wildman–Crippen LogP) is 1.15. The molecule has 0 heterocycles. The van der Waals surface area contributed by atoms with Gasteiger partial charge in [0.15, 0.2) is 17.6 Å². The van der Waals surface area contributed by atoms with E-state index in [1.54, 1.807) is 13.2 Å².